The predicted molar refractivity (Wildman–Crippen MR) is 89.3 cm³/mol. The van der Waals surface area contributed by atoms with Crippen LogP contribution >= 0.6 is 0 Å². The molecule has 1 saturated carbocycles. The molecule has 0 atom stereocenters. The van der Waals surface area contributed by atoms with E-state index in [-0.39, 0.29) is 0 Å². The van der Waals surface area contributed by atoms with Gasteiger partial charge in [0.1, 0.15) is 6.07 Å². The normalized spacial score (nSPS) is 21.8. The first-order valence-electron chi connectivity index (χ1n) is 8.80. The van der Waals surface area contributed by atoms with Crippen molar-refractivity contribution >= 4 is 0 Å². The standard InChI is InChI=1S/C20H23F4N/c21-19(14-25)3-1-2-15-4-6-16(7-5-15)8-9-17-10-12-18(13-11-17)20(22,23)24/h3,10-13,15-16H,1-2,4-9H2/b19-3-/t15-,16-. The minimum Gasteiger partial charge on any atom is -0.195 e. The van der Waals surface area contributed by atoms with Gasteiger partial charge < -0.3 is 0 Å². The SMILES string of the molecule is N#C/C(F)=C/CC[C@H]1CC[C@H](CCc2ccc(C(F)(F)F)cc2)CC1. The maximum atomic E-state index is 12.7. The number of alkyl halides is 3. The van der Waals surface area contributed by atoms with Gasteiger partial charge in [0, 0.05) is 0 Å². The second-order valence-electron chi connectivity index (χ2n) is 6.86. The van der Waals surface area contributed by atoms with Crippen LogP contribution in [0.4, 0.5) is 17.6 Å². The van der Waals surface area contributed by atoms with Gasteiger partial charge in [-0.15, -0.1) is 0 Å². The summed E-state index contributed by atoms with van der Waals surface area (Å²) in [5, 5.41) is 8.37. The lowest BCUT2D eigenvalue weighted by atomic mass is 9.78. The van der Waals surface area contributed by atoms with E-state index in [1.54, 1.807) is 12.1 Å². The van der Waals surface area contributed by atoms with Crippen molar-refractivity contribution in [3.05, 3.63) is 47.3 Å². The molecule has 1 aromatic rings. The Hall–Kier alpha value is -1.83. The van der Waals surface area contributed by atoms with E-state index >= 15 is 0 Å². The van der Waals surface area contributed by atoms with Crippen LogP contribution < -0.4 is 0 Å². The van der Waals surface area contributed by atoms with Crippen molar-refractivity contribution in [2.75, 3.05) is 0 Å². The van der Waals surface area contributed by atoms with Crippen LogP contribution in [-0.2, 0) is 12.6 Å². The molecule has 2 rings (SSSR count). The summed E-state index contributed by atoms with van der Waals surface area (Å²) < 4.78 is 50.4. The summed E-state index contributed by atoms with van der Waals surface area (Å²) in [7, 11) is 0. The minimum absolute atomic E-state index is 0.588. The highest BCUT2D eigenvalue weighted by molar-refractivity contribution is 5.24. The molecular formula is C20H23F4N. The van der Waals surface area contributed by atoms with Gasteiger partial charge in [-0.2, -0.15) is 22.8 Å². The smallest absolute Gasteiger partial charge is 0.195 e. The number of hydrogen-bond acceptors (Lipinski definition) is 1. The molecule has 5 heteroatoms. The lowest BCUT2D eigenvalue weighted by Gasteiger charge is -2.28. The molecule has 0 spiro atoms. The molecule has 0 unspecified atom stereocenters. The Kier molecular flexibility index (Phi) is 7.04. The maximum absolute atomic E-state index is 12.7. The van der Waals surface area contributed by atoms with Crippen molar-refractivity contribution in [3.63, 3.8) is 0 Å². The highest BCUT2D eigenvalue weighted by Gasteiger charge is 2.30. The molecule has 0 bridgehead atoms. The number of benzene rings is 1. The first-order chi connectivity index (χ1) is 11.9. The molecule has 1 fully saturated rings. The van der Waals surface area contributed by atoms with Gasteiger partial charge in [0.15, 0.2) is 5.83 Å². The third kappa shape index (κ3) is 6.53. The zero-order chi connectivity index (χ0) is 18.3. The number of halogens is 4. The Morgan fingerprint density at radius 1 is 1.04 bits per heavy atom. The number of rotatable bonds is 6. The zero-order valence-electron chi connectivity index (χ0n) is 14.2. The van der Waals surface area contributed by atoms with Gasteiger partial charge in [0.05, 0.1) is 5.56 Å². The van der Waals surface area contributed by atoms with Crippen LogP contribution in [0, 0.1) is 23.2 Å². The van der Waals surface area contributed by atoms with Gasteiger partial charge in [-0.1, -0.05) is 37.8 Å². The lowest BCUT2D eigenvalue weighted by Crippen LogP contribution is -2.15. The number of nitriles is 1. The second-order valence-corrected chi connectivity index (χ2v) is 6.86. The van der Waals surface area contributed by atoms with Crippen LogP contribution in [0.25, 0.3) is 0 Å². The van der Waals surface area contributed by atoms with Crippen LogP contribution in [0.1, 0.15) is 56.1 Å². The molecule has 136 valence electrons. The summed E-state index contributed by atoms with van der Waals surface area (Å²) >= 11 is 0. The Bertz CT molecular complexity index is 602. The molecule has 0 aromatic heterocycles. The molecule has 25 heavy (non-hydrogen) atoms. The zero-order valence-corrected chi connectivity index (χ0v) is 14.2. The maximum Gasteiger partial charge on any atom is 0.416 e. The van der Waals surface area contributed by atoms with E-state index in [0.717, 1.165) is 62.6 Å². The fourth-order valence-corrected chi connectivity index (χ4v) is 3.53. The number of aryl methyl sites for hydroxylation is 1. The Labute approximate surface area is 146 Å². The van der Waals surface area contributed by atoms with E-state index in [4.69, 9.17) is 5.26 Å². The van der Waals surface area contributed by atoms with Gasteiger partial charge in [-0.3, -0.25) is 0 Å². The Morgan fingerprint density at radius 3 is 2.12 bits per heavy atom. The third-order valence-corrected chi connectivity index (χ3v) is 5.09. The Balaban J connectivity index is 1.69. The van der Waals surface area contributed by atoms with E-state index in [9.17, 15) is 17.6 Å². The first kappa shape index (κ1) is 19.5. The van der Waals surface area contributed by atoms with Crippen molar-refractivity contribution < 1.29 is 17.6 Å². The molecule has 1 nitrogen and oxygen atoms in total. The molecule has 0 amide bonds. The van der Waals surface area contributed by atoms with Crippen LogP contribution in [-0.4, -0.2) is 0 Å². The summed E-state index contributed by atoms with van der Waals surface area (Å²) in [5.41, 5.74) is 0.353. The molecule has 0 saturated heterocycles. The molecule has 1 aromatic carbocycles. The lowest BCUT2D eigenvalue weighted by molar-refractivity contribution is -0.137. The van der Waals surface area contributed by atoms with Gasteiger partial charge in [-0.25, -0.2) is 0 Å². The van der Waals surface area contributed by atoms with Crippen molar-refractivity contribution in [1.82, 2.24) is 0 Å². The van der Waals surface area contributed by atoms with Crippen LogP contribution in [0.5, 0.6) is 0 Å². The largest absolute Gasteiger partial charge is 0.416 e. The van der Waals surface area contributed by atoms with Gasteiger partial charge in [-0.05, 0) is 61.3 Å². The fourth-order valence-electron chi connectivity index (χ4n) is 3.53. The predicted octanol–water partition coefficient (Wildman–Crippen LogP) is 6.60. The van der Waals surface area contributed by atoms with Crippen molar-refractivity contribution in [2.45, 2.75) is 57.5 Å². The Morgan fingerprint density at radius 2 is 1.60 bits per heavy atom. The summed E-state index contributed by atoms with van der Waals surface area (Å²) in [5.74, 6) is 0.500. The molecule has 0 aliphatic heterocycles. The highest BCUT2D eigenvalue weighted by Crippen LogP contribution is 2.34. The van der Waals surface area contributed by atoms with Crippen LogP contribution in [0.15, 0.2) is 36.2 Å². The van der Waals surface area contributed by atoms with Crippen molar-refractivity contribution in [2.24, 2.45) is 11.8 Å². The molecule has 1 aliphatic carbocycles. The van der Waals surface area contributed by atoms with Gasteiger partial charge in [0.25, 0.3) is 0 Å². The van der Waals surface area contributed by atoms with Crippen LogP contribution in [0.2, 0.25) is 0 Å². The monoisotopic (exact) mass is 353 g/mol. The van der Waals surface area contributed by atoms with E-state index in [0.29, 0.717) is 18.3 Å². The van der Waals surface area contributed by atoms with E-state index in [1.165, 1.54) is 12.1 Å². The van der Waals surface area contributed by atoms with Crippen LogP contribution in [0.3, 0.4) is 0 Å². The molecule has 0 heterocycles. The summed E-state index contributed by atoms with van der Waals surface area (Å²) in [4.78, 5) is 0. The van der Waals surface area contributed by atoms with E-state index in [1.807, 2.05) is 0 Å². The summed E-state index contributed by atoms with van der Waals surface area (Å²) in [6, 6.07) is 6.94. The molecule has 0 radical (unpaired) electrons. The second kappa shape index (κ2) is 9.03. The van der Waals surface area contributed by atoms with Crippen molar-refractivity contribution in [3.8, 4) is 6.07 Å². The minimum atomic E-state index is -4.28. The number of nitrogens with zero attached hydrogens (tertiary/aromatic N) is 1. The average molecular weight is 353 g/mol. The van der Waals surface area contributed by atoms with Gasteiger partial charge in [0.2, 0.25) is 0 Å². The van der Waals surface area contributed by atoms with E-state index in [2.05, 4.69) is 0 Å². The molecule has 0 N–H and O–H groups in total. The van der Waals surface area contributed by atoms with E-state index < -0.39 is 17.6 Å². The molecule has 1 aliphatic rings. The average Bonchev–Trinajstić information content (AvgIpc) is 2.60. The summed E-state index contributed by atoms with van der Waals surface area (Å²) in [6.07, 6.45) is 4.88. The number of hydrogen-bond donors (Lipinski definition) is 0. The molecular weight excluding hydrogens is 330 g/mol. The quantitative estimate of drug-likeness (QED) is 0.417. The number of allylic oxidation sites excluding steroid dienone is 2. The highest BCUT2D eigenvalue weighted by atomic mass is 19.4. The third-order valence-electron chi connectivity index (χ3n) is 5.09. The fraction of sp³-hybridized carbons (Fsp3) is 0.550. The van der Waals surface area contributed by atoms with Gasteiger partial charge >= 0.3 is 6.18 Å². The topological polar surface area (TPSA) is 23.8 Å². The first-order valence-corrected chi connectivity index (χ1v) is 8.80. The van der Waals surface area contributed by atoms with Crippen molar-refractivity contribution in [1.29, 1.82) is 5.26 Å². The summed E-state index contributed by atoms with van der Waals surface area (Å²) in [6.45, 7) is 0.